The van der Waals surface area contributed by atoms with E-state index in [1.807, 2.05) is 6.07 Å². The van der Waals surface area contributed by atoms with Crippen molar-refractivity contribution >= 4 is 15.9 Å². The molecular weight excluding hydrogens is 398 g/mol. The largest absolute Gasteiger partial charge is 0.303 e. The van der Waals surface area contributed by atoms with E-state index in [0.29, 0.717) is 24.6 Å². The van der Waals surface area contributed by atoms with Crippen LogP contribution in [0.15, 0.2) is 71.3 Å². The number of amides is 1. The summed E-state index contributed by atoms with van der Waals surface area (Å²) in [6, 6.07) is 16.6. The van der Waals surface area contributed by atoms with E-state index in [1.54, 1.807) is 26.0 Å². The van der Waals surface area contributed by atoms with Crippen LogP contribution in [0.25, 0.3) is 0 Å². The van der Waals surface area contributed by atoms with Gasteiger partial charge in [-0.25, -0.2) is 8.42 Å². The summed E-state index contributed by atoms with van der Waals surface area (Å²) in [5, 5.41) is 0. The molecule has 0 spiro atoms. The lowest BCUT2D eigenvalue weighted by atomic mass is 9.87. The van der Waals surface area contributed by atoms with Crippen LogP contribution in [-0.2, 0) is 10.0 Å². The molecule has 1 atom stereocenters. The van der Waals surface area contributed by atoms with Crippen LogP contribution >= 0.6 is 0 Å². The van der Waals surface area contributed by atoms with Crippen molar-refractivity contribution in [1.29, 1.82) is 0 Å². The molecule has 0 saturated carbocycles. The van der Waals surface area contributed by atoms with E-state index in [1.165, 1.54) is 22.0 Å². The maximum absolute atomic E-state index is 12.7. The zero-order chi connectivity index (χ0) is 21.6. The van der Waals surface area contributed by atoms with Gasteiger partial charge in [0.15, 0.2) is 0 Å². The van der Waals surface area contributed by atoms with Crippen LogP contribution in [0.2, 0.25) is 0 Å². The zero-order valence-corrected chi connectivity index (χ0v) is 18.3. The first-order valence-electron chi connectivity index (χ1n) is 10.4. The Kier molecular flexibility index (Phi) is 7.29. The maximum Gasteiger partial charge on any atom is 0.269 e. The molecule has 7 heteroatoms. The molecule has 1 aliphatic rings. The highest BCUT2D eigenvalue weighted by atomic mass is 32.2. The summed E-state index contributed by atoms with van der Waals surface area (Å²) in [6.07, 6.45) is 4.88. The number of hydrogen-bond acceptors (Lipinski definition) is 4. The monoisotopic (exact) mass is 427 g/mol. The normalized spacial score (nSPS) is 16.8. The number of sulfonamides is 1. The number of nitrogens with one attached hydrogen (secondary N) is 2. The van der Waals surface area contributed by atoms with Crippen molar-refractivity contribution in [3.05, 3.63) is 77.5 Å². The lowest BCUT2D eigenvalue weighted by molar-refractivity contribution is 0.0937. The first-order chi connectivity index (χ1) is 14.5. The molecule has 0 aliphatic heterocycles. The van der Waals surface area contributed by atoms with E-state index >= 15 is 0 Å². The van der Waals surface area contributed by atoms with Crippen LogP contribution in [0.4, 0.5) is 0 Å². The number of carbonyl (C=O) groups is 1. The van der Waals surface area contributed by atoms with Gasteiger partial charge in [-0.2, -0.15) is 4.31 Å². The van der Waals surface area contributed by atoms with Gasteiger partial charge in [0.1, 0.15) is 0 Å². The molecule has 3 rings (SSSR count). The molecule has 30 heavy (non-hydrogen) atoms. The van der Waals surface area contributed by atoms with Gasteiger partial charge in [0.25, 0.3) is 5.91 Å². The first kappa shape index (κ1) is 22.1. The lowest BCUT2D eigenvalue weighted by Crippen LogP contribution is -2.37. The molecule has 0 aromatic heterocycles. The molecule has 2 aromatic rings. The van der Waals surface area contributed by atoms with E-state index in [2.05, 4.69) is 41.2 Å². The number of hydrogen-bond donors (Lipinski definition) is 2. The van der Waals surface area contributed by atoms with Crippen LogP contribution in [-0.4, -0.2) is 31.7 Å². The molecule has 0 heterocycles. The van der Waals surface area contributed by atoms with Gasteiger partial charge >= 0.3 is 0 Å². The Labute approximate surface area is 179 Å². The summed E-state index contributed by atoms with van der Waals surface area (Å²) in [4.78, 5) is 12.7. The Balaban J connectivity index is 1.61. The van der Waals surface area contributed by atoms with Crippen LogP contribution in [0, 0.1) is 0 Å². The highest BCUT2D eigenvalue weighted by Gasteiger charge is 2.22. The Morgan fingerprint density at radius 3 is 2.43 bits per heavy atom. The minimum Gasteiger partial charge on any atom is -0.303 e. The lowest BCUT2D eigenvalue weighted by Gasteiger charge is -2.23. The van der Waals surface area contributed by atoms with Crippen molar-refractivity contribution in [3.8, 4) is 0 Å². The van der Waals surface area contributed by atoms with E-state index in [9.17, 15) is 13.2 Å². The van der Waals surface area contributed by atoms with Crippen LogP contribution in [0.3, 0.4) is 0 Å². The third-order valence-electron chi connectivity index (χ3n) is 5.46. The Morgan fingerprint density at radius 1 is 1.07 bits per heavy atom. The summed E-state index contributed by atoms with van der Waals surface area (Å²) in [7, 11) is -3.60. The van der Waals surface area contributed by atoms with Gasteiger partial charge in [-0.15, -0.1) is 0 Å². The Morgan fingerprint density at radius 2 is 1.80 bits per heavy atom. The average Bonchev–Trinajstić information content (AvgIpc) is 2.79. The predicted molar refractivity (Wildman–Crippen MR) is 118 cm³/mol. The van der Waals surface area contributed by atoms with Crippen molar-refractivity contribution < 1.29 is 13.2 Å². The van der Waals surface area contributed by atoms with Crippen LogP contribution in [0.5, 0.6) is 0 Å². The van der Waals surface area contributed by atoms with Crippen molar-refractivity contribution in [3.63, 3.8) is 0 Å². The molecule has 0 unspecified atom stereocenters. The van der Waals surface area contributed by atoms with Crippen molar-refractivity contribution in [2.75, 3.05) is 13.1 Å². The van der Waals surface area contributed by atoms with Crippen molar-refractivity contribution in [2.45, 2.75) is 43.9 Å². The Bertz CT molecular complexity index is 999. The van der Waals surface area contributed by atoms with E-state index in [-0.39, 0.29) is 10.8 Å². The van der Waals surface area contributed by atoms with E-state index in [4.69, 9.17) is 0 Å². The smallest absolute Gasteiger partial charge is 0.269 e. The molecule has 0 bridgehead atoms. The van der Waals surface area contributed by atoms with Gasteiger partial charge in [0.05, 0.1) is 4.90 Å². The standard InChI is InChI=1S/C23H29N3O3S/c1-3-26(4-2)30(28,29)22-12-8-11-20(17-22)23(27)25-24-21-15-13-19(14-16-21)18-9-6-5-7-10-18/h5-12,15,17,19,24H,3-4,13-14,16H2,1-2H3,(H,25,27)/t19-/m0/s1. The number of benzene rings is 2. The van der Waals surface area contributed by atoms with Gasteiger partial charge in [-0.05, 0) is 48.9 Å². The maximum atomic E-state index is 12.7. The molecular formula is C23H29N3O3S. The van der Waals surface area contributed by atoms with Gasteiger partial charge in [-0.3, -0.25) is 10.2 Å². The fraction of sp³-hybridized carbons (Fsp3) is 0.348. The summed E-state index contributed by atoms with van der Waals surface area (Å²) in [5.74, 6) is 0.132. The average molecular weight is 428 g/mol. The molecule has 0 radical (unpaired) electrons. The minimum absolute atomic E-state index is 0.126. The third kappa shape index (κ3) is 5.09. The fourth-order valence-corrected chi connectivity index (χ4v) is 5.20. The SMILES string of the molecule is CCN(CC)S(=O)(=O)c1cccc(C(=O)NNC2=CC[C@H](c3ccccc3)CC2)c1. The number of rotatable bonds is 8. The Hall–Kier alpha value is -2.64. The highest BCUT2D eigenvalue weighted by Crippen LogP contribution is 2.30. The number of allylic oxidation sites excluding steroid dienone is 2. The molecule has 1 amide bonds. The first-order valence-corrected chi connectivity index (χ1v) is 11.8. The van der Waals surface area contributed by atoms with Crippen molar-refractivity contribution in [1.82, 2.24) is 15.2 Å². The van der Waals surface area contributed by atoms with Gasteiger partial charge in [0.2, 0.25) is 10.0 Å². The molecule has 1 aliphatic carbocycles. The van der Waals surface area contributed by atoms with Gasteiger partial charge < -0.3 is 5.43 Å². The molecule has 160 valence electrons. The zero-order valence-electron chi connectivity index (χ0n) is 17.5. The minimum atomic E-state index is -3.60. The molecule has 0 saturated heterocycles. The quantitative estimate of drug-likeness (QED) is 0.628. The van der Waals surface area contributed by atoms with Gasteiger partial charge in [0, 0.05) is 24.4 Å². The van der Waals surface area contributed by atoms with E-state index < -0.39 is 10.0 Å². The summed E-state index contributed by atoms with van der Waals surface area (Å²) in [5.41, 5.74) is 8.30. The second-order valence-corrected chi connectivity index (χ2v) is 9.25. The third-order valence-corrected chi connectivity index (χ3v) is 7.50. The highest BCUT2D eigenvalue weighted by molar-refractivity contribution is 7.89. The number of nitrogens with zero attached hydrogens (tertiary/aromatic N) is 1. The van der Waals surface area contributed by atoms with Gasteiger partial charge in [-0.1, -0.05) is 56.3 Å². The number of carbonyl (C=O) groups excluding carboxylic acids is 1. The van der Waals surface area contributed by atoms with Crippen LogP contribution in [0.1, 0.15) is 54.9 Å². The second kappa shape index (κ2) is 9.91. The van der Waals surface area contributed by atoms with Crippen molar-refractivity contribution in [2.24, 2.45) is 0 Å². The summed E-state index contributed by atoms with van der Waals surface area (Å²) >= 11 is 0. The second-order valence-electron chi connectivity index (χ2n) is 7.31. The molecule has 2 aromatic carbocycles. The van der Waals surface area contributed by atoms with Crippen LogP contribution < -0.4 is 10.9 Å². The fourth-order valence-electron chi connectivity index (χ4n) is 3.70. The number of hydrazine groups is 1. The predicted octanol–water partition coefficient (Wildman–Crippen LogP) is 3.80. The summed E-state index contributed by atoms with van der Waals surface area (Å²) < 4.78 is 26.8. The molecule has 0 fully saturated rings. The molecule has 2 N–H and O–H groups in total. The molecule has 6 nitrogen and oxygen atoms in total. The topological polar surface area (TPSA) is 78.5 Å². The summed E-state index contributed by atoms with van der Waals surface area (Å²) in [6.45, 7) is 4.35. The van der Waals surface area contributed by atoms with E-state index in [0.717, 1.165) is 25.0 Å².